The SMILES string of the molecule is Cc1ccc2c(c1)OC(=O)CN2CC(=O)NCCOCCO. The van der Waals surface area contributed by atoms with E-state index in [0.29, 0.717) is 18.9 Å². The average Bonchev–Trinajstić information content (AvgIpc) is 2.46. The highest BCUT2D eigenvalue weighted by Gasteiger charge is 2.25. The van der Waals surface area contributed by atoms with Gasteiger partial charge in [0.05, 0.1) is 32.1 Å². The van der Waals surface area contributed by atoms with Crippen molar-refractivity contribution in [3.05, 3.63) is 23.8 Å². The Bertz CT molecular complexity index is 547. The molecule has 1 aliphatic heterocycles. The number of rotatable bonds is 7. The molecule has 0 spiro atoms. The van der Waals surface area contributed by atoms with E-state index in [-0.39, 0.29) is 38.2 Å². The molecule has 0 radical (unpaired) electrons. The van der Waals surface area contributed by atoms with Crippen molar-refractivity contribution in [1.29, 1.82) is 0 Å². The van der Waals surface area contributed by atoms with E-state index < -0.39 is 0 Å². The van der Waals surface area contributed by atoms with Crippen LogP contribution < -0.4 is 15.0 Å². The molecule has 2 N–H and O–H groups in total. The summed E-state index contributed by atoms with van der Waals surface area (Å²) in [5.74, 6) is -0.0960. The summed E-state index contributed by atoms with van der Waals surface area (Å²) in [6, 6.07) is 5.53. The second-order valence-electron chi connectivity index (χ2n) is 4.99. The number of aliphatic hydroxyl groups excluding tert-OH is 1. The molecule has 0 aromatic heterocycles. The lowest BCUT2D eigenvalue weighted by Gasteiger charge is -2.29. The lowest BCUT2D eigenvalue weighted by Crippen LogP contribution is -2.44. The summed E-state index contributed by atoms with van der Waals surface area (Å²) in [6.45, 7) is 2.93. The van der Waals surface area contributed by atoms with E-state index in [1.165, 1.54) is 0 Å². The van der Waals surface area contributed by atoms with Crippen LogP contribution in [0.1, 0.15) is 5.56 Å². The Hall–Kier alpha value is -2.12. The molecule has 7 heteroatoms. The van der Waals surface area contributed by atoms with Gasteiger partial charge in [-0.2, -0.15) is 0 Å². The fourth-order valence-corrected chi connectivity index (χ4v) is 2.16. The largest absolute Gasteiger partial charge is 0.423 e. The van der Waals surface area contributed by atoms with Gasteiger partial charge in [-0.25, -0.2) is 4.79 Å². The number of esters is 1. The van der Waals surface area contributed by atoms with Gasteiger partial charge in [0.2, 0.25) is 5.91 Å². The number of nitrogens with zero attached hydrogens (tertiary/aromatic N) is 1. The smallest absolute Gasteiger partial charge is 0.331 e. The summed E-state index contributed by atoms with van der Waals surface area (Å²) in [4.78, 5) is 25.2. The molecule has 0 atom stereocenters. The zero-order valence-electron chi connectivity index (χ0n) is 12.5. The second-order valence-corrected chi connectivity index (χ2v) is 4.99. The highest BCUT2D eigenvalue weighted by Crippen LogP contribution is 2.32. The Morgan fingerprint density at radius 3 is 3.05 bits per heavy atom. The molecule has 2 rings (SSSR count). The topological polar surface area (TPSA) is 88.1 Å². The van der Waals surface area contributed by atoms with Gasteiger partial charge in [0.25, 0.3) is 0 Å². The number of anilines is 1. The minimum Gasteiger partial charge on any atom is -0.423 e. The predicted molar refractivity (Wildman–Crippen MR) is 79.9 cm³/mol. The quantitative estimate of drug-likeness (QED) is 0.414. The standard InChI is InChI=1S/C15H20N2O5/c1-11-2-3-12-13(8-11)22-15(20)10-17(12)9-14(19)16-4-6-21-7-5-18/h2-3,8,18H,4-7,9-10H2,1H3,(H,16,19). The van der Waals surface area contributed by atoms with Crippen molar-refractivity contribution in [3.63, 3.8) is 0 Å². The molecule has 0 bridgehead atoms. The van der Waals surface area contributed by atoms with E-state index in [0.717, 1.165) is 11.3 Å². The third-order valence-corrected chi connectivity index (χ3v) is 3.14. The van der Waals surface area contributed by atoms with Crippen LogP contribution in [0.3, 0.4) is 0 Å². The van der Waals surface area contributed by atoms with E-state index in [1.807, 2.05) is 19.1 Å². The lowest BCUT2D eigenvalue weighted by atomic mass is 10.1. The average molecular weight is 308 g/mol. The van der Waals surface area contributed by atoms with Crippen molar-refractivity contribution < 1.29 is 24.2 Å². The molecular formula is C15H20N2O5. The van der Waals surface area contributed by atoms with Gasteiger partial charge in [0.15, 0.2) is 5.75 Å². The Morgan fingerprint density at radius 2 is 2.27 bits per heavy atom. The number of carbonyl (C=O) groups excluding carboxylic acids is 2. The van der Waals surface area contributed by atoms with Crippen LogP contribution in [0.2, 0.25) is 0 Å². The van der Waals surface area contributed by atoms with Crippen LogP contribution in [0.15, 0.2) is 18.2 Å². The van der Waals surface area contributed by atoms with Crippen LogP contribution in [-0.4, -0.2) is 56.4 Å². The van der Waals surface area contributed by atoms with E-state index in [9.17, 15) is 9.59 Å². The molecule has 0 fully saturated rings. The molecule has 0 saturated carbocycles. The van der Waals surface area contributed by atoms with Gasteiger partial charge < -0.3 is 24.8 Å². The molecule has 0 unspecified atom stereocenters. The van der Waals surface area contributed by atoms with Gasteiger partial charge in [0.1, 0.15) is 6.54 Å². The molecule has 22 heavy (non-hydrogen) atoms. The number of carbonyl (C=O) groups is 2. The number of hydrogen-bond donors (Lipinski definition) is 2. The number of aryl methyl sites for hydroxylation is 1. The van der Waals surface area contributed by atoms with Gasteiger partial charge in [-0.1, -0.05) is 6.07 Å². The maximum absolute atomic E-state index is 11.9. The lowest BCUT2D eigenvalue weighted by molar-refractivity contribution is -0.133. The minimum absolute atomic E-state index is 0.0416. The fraction of sp³-hybridized carbons (Fsp3) is 0.467. The Morgan fingerprint density at radius 1 is 1.45 bits per heavy atom. The number of fused-ring (bicyclic) bond motifs is 1. The number of hydrogen-bond acceptors (Lipinski definition) is 6. The molecule has 1 amide bonds. The van der Waals surface area contributed by atoms with E-state index >= 15 is 0 Å². The summed E-state index contributed by atoms with van der Waals surface area (Å²) >= 11 is 0. The maximum atomic E-state index is 11.9. The van der Waals surface area contributed by atoms with Crippen molar-refractivity contribution in [1.82, 2.24) is 5.32 Å². The molecule has 7 nitrogen and oxygen atoms in total. The van der Waals surface area contributed by atoms with Crippen molar-refractivity contribution in [3.8, 4) is 5.75 Å². The van der Waals surface area contributed by atoms with Crippen LogP contribution in [0.25, 0.3) is 0 Å². The highest BCUT2D eigenvalue weighted by molar-refractivity contribution is 5.89. The van der Waals surface area contributed by atoms with Crippen LogP contribution in [-0.2, 0) is 14.3 Å². The van der Waals surface area contributed by atoms with Gasteiger partial charge in [-0.15, -0.1) is 0 Å². The second kappa shape index (κ2) is 7.77. The third kappa shape index (κ3) is 4.44. The summed E-state index contributed by atoms with van der Waals surface area (Å²) < 4.78 is 10.3. The van der Waals surface area contributed by atoms with Crippen molar-refractivity contribution >= 4 is 17.6 Å². The van der Waals surface area contributed by atoms with E-state index in [2.05, 4.69) is 5.32 Å². The van der Waals surface area contributed by atoms with Gasteiger partial charge >= 0.3 is 5.97 Å². The molecule has 1 aromatic carbocycles. The Kier molecular flexibility index (Phi) is 5.74. The molecular weight excluding hydrogens is 288 g/mol. The molecule has 1 aromatic rings. The van der Waals surface area contributed by atoms with Crippen LogP contribution in [0.4, 0.5) is 5.69 Å². The van der Waals surface area contributed by atoms with Crippen molar-refractivity contribution in [2.75, 3.05) is 44.4 Å². The molecule has 0 aliphatic carbocycles. The summed E-state index contributed by atoms with van der Waals surface area (Å²) in [5.41, 5.74) is 1.72. The summed E-state index contributed by atoms with van der Waals surface area (Å²) in [6.07, 6.45) is 0. The first-order valence-electron chi connectivity index (χ1n) is 7.11. The van der Waals surface area contributed by atoms with Crippen molar-refractivity contribution in [2.24, 2.45) is 0 Å². The predicted octanol–water partition coefficient (Wildman–Crippen LogP) is -0.154. The normalized spacial score (nSPS) is 13.5. The van der Waals surface area contributed by atoms with E-state index in [1.54, 1.807) is 11.0 Å². The van der Waals surface area contributed by atoms with Gasteiger partial charge in [0, 0.05) is 6.54 Å². The Labute approximate surface area is 128 Å². The zero-order chi connectivity index (χ0) is 15.9. The molecule has 0 saturated heterocycles. The number of nitrogens with one attached hydrogen (secondary N) is 1. The third-order valence-electron chi connectivity index (χ3n) is 3.14. The fourth-order valence-electron chi connectivity index (χ4n) is 2.16. The van der Waals surface area contributed by atoms with Gasteiger partial charge in [-0.3, -0.25) is 4.79 Å². The number of aliphatic hydroxyl groups is 1. The first-order chi connectivity index (χ1) is 10.6. The zero-order valence-corrected chi connectivity index (χ0v) is 12.5. The summed E-state index contributed by atoms with van der Waals surface area (Å²) in [7, 11) is 0. The van der Waals surface area contributed by atoms with Crippen molar-refractivity contribution in [2.45, 2.75) is 6.92 Å². The first-order valence-corrected chi connectivity index (χ1v) is 7.11. The molecule has 1 heterocycles. The maximum Gasteiger partial charge on any atom is 0.331 e. The highest BCUT2D eigenvalue weighted by atomic mass is 16.5. The number of benzene rings is 1. The van der Waals surface area contributed by atoms with Crippen LogP contribution in [0, 0.1) is 6.92 Å². The van der Waals surface area contributed by atoms with Crippen LogP contribution >= 0.6 is 0 Å². The summed E-state index contributed by atoms with van der Waals surface area (Å²) in [5, 5.41) is 11.3. The Balaban J connectivity index is 1.90. The first kappa shape index (κ1) is 16.3. The van der Waals surface area contributed by atoms with Crippen LogP contribution in [0.5, 0.6) is 5.75 Å². The molecule has 120 valence electrons. The van der Waals surface area contributed by atoms with E-state index in [4.69, 9.17) is 14.6 Å². The number of amides is 1. The minimum atomic E-state index is -0.378. The van der Waals surface area contributed by atoms with Gasteiger partial charge in [-0.05, 0) is 24.6 Å². The molecule has 1 aliphatic rings. The monoisotopic (exact) mass is 308 g/mol. The number of ether oxygens (including phenoxy) is 2.